The van der Waals surface area contributed by atoms with E-state index in [2.05, 4.69) is 9.97 Å². The second-order valence-electron chi connectivity index (χ2n) is 2.78. The van der Waals surface area contributed by atoms with Gasteiger partial charge in [0.1, 0.15) is 4.84 Å². The Balaban J connectivity index is 2.81. The van der Waals surface area contributed by atoms with E-state index in [1.54, 1.807) is 18.3 Å². The van der Waals surface area contributed by atoms with Crippen LogP contribution in [0, 0.1) is 0 Å². The highest BCUT2D eigenvalue weighted by molar-refractivity contribution is 6.44. The molecule has 2 aromatic rings. The number of hydrogen-bond donors (Lipinski definition) is 1. The molecule has 0 aliphatic heterocycles. The summed E-state index contributed by atoms with van der Waals surface area (Å²) in [6, 6.07) is 4.79. The van der Waals surface area contributed by atoms with Gasteiger partial charge in [-0.05, 0) is 12.1 Å². The molecule has 0 spiro atoms. The van der Waals surface area contributed by atoms with Gasteiger partial charge in [-0.3, -0.25) is 9.78 Å². The van der Waals surface area contributed by atoms with Crippen molar-refractivity contribution in [2.24, 2.45) is 0 Å². The summed E-state index contributed by atoms with van der Waals surface area (Å²) in [5, 5.41) is 0.766. The maximum absolute atomic E-state index is 11.0. The summed E-state index contributed by atoms with van der Waals surface area (Å²) in [6.45, 7) is 0. The Morgan fingerprint density at radius 2 is 2.07 bits per heavy atom. The fourth-order valence-electron chi connectivity index (χ4n) is 1.28. The van der Waals surface area contributed by atoms with Gasteiger partial charge in [-0.15, -0.1) is 0 Å². The number of nitrogens with zero attached hydrogens (tertiary/aromatic N) is 1. The molecule has 0 amide bonds. The molecule has 1 N–H and O–H groups in total. The lowest BCUT2D eigenvalue weighted by atomic mass is 10.2. The van der Waals surface area contributed by atoms with Crippen LogP contribution in [0.3, 0.4) is 0 Å². The quantitative estimate of drug-likeness (QED) is 0.763. The minimum atomic E-state index is -0.690. The van der Waals surface area contributed by atoms with Crippen LogP contribution in [-0.4, -0.2) is 9.97 Å². The molecule has 2 heterocycles. The number of nitrogens with one attached hydrogen (secondary N) is 1. The van der Waals surface area contributed by atoms with Crippen LogP contribution in [-0.2, 0) is 0 Å². The molecule has 5 heteroatoms. The normalized spacial score (nSPS) is 11.1. The maximum atomic E-state index is 11.0. The first-order chi connectivity index (χ1) is 6.68. The second-order valence-corrected chi connectivity index (χ2v) is 3.88. The van der Waals surface area contributed by atoms with E-state index in [1.807, 2.05) is 0 Å². The maximum Gasteiger partial charge on any atom is 0.248 e. The van der Waals surface area contributed by atoms with Crippen molar-refractivity contribution in [1.82, 2.24) is 9.97 Å². The smallest absolute Gasteiger partial charge is 0.248 e. The Morgan fingerprint density at radius 1 is 1.29 bits per heavy atom. The van der Waals surface area contributed by atoms with Crippen molar-refractivity contribution in [3.05, 3.63) is 40.4 Å². The third-order valence-electron chi connectivity index (χ3n) is 1.89. The zero-order valence-corrected chi connectivity index (χ0v) is 8.51. The molecule has 0 aliphatic rings. The van der Waals surface area contributed by atoms with Gasteiger partial charge in [-0.25, -0.2) is 0 Å². The minimum Gasteiger partial charge on any atom is -0.322 e. The molecular formula is C9H6Cl2N2O. The zero-order valence-electron chi connectivity index (χ0n) is 7.00. The van der Waals surface area contributed by atoms with Crippen molar-refractivity contribution < 1.29 is 0 Å². The number of rotatable bonds is 1. The molecular weight excluding hydrogens is 223 g/mol. The van der Waals surface area contributed by atoms with E-state index in [0.717, 1.165) is 5.39 Å². The molecule has 0 bridgehead atoms. The Kier molecular flexibility index (Phi) is 2.44. The second kappa shape index (κ2) is 3.59. The van der Waals surface area contributed by atoms with Gasteiger partial charge in [0.05, 0.1) is 11.2 Å². The molecule has 0 saturated heterocycles. The standard InChI is InChI=1S/C9H6Cl2N2O/c10-9(11)8-5-1-2-7(14)13-6(5)3-4-12-8/h1-4,9H,(H,13,14). The van der Waals surface area contributed by atoms with Gasteiger partial charge in [-0.2, -0.15) is 0 Å². The van der Waals surface area contributed by atoms with E-state index in [4.69, 9.17) is 23.2 Å². The van der Waals surface area contributed by atoms with E-state index in [9.17, 15) is 4.79 Å². The predicted octanol–water partition coefficient (Wildman–Crippen LogP) is 2.40. The lowest BCUT2D eigenvalue weighted by Crippen LogP contribution is -2.03. The molecule has 0 fully saturated rings. The Labute approximate surface area is 89.7 Å². The van der Waals surface area contributed by atoms with Crippen molar-refractivity contribution in [1.29, 1.82) is 0 Å². The first kappa shape index (κ1) is 9.49. The number of fused-ring (bicyclic) bond motifs is 1. The fraction of sp³-hybridized carbons (Fsp3) is 0.111. The Bertz CT molecular complexity index is 521. The predicted molar refractivity (Wildman–Crippen MR) is 56.8 cm³/mol. The van der Waals surface area contributed by atoms with Crippen LogP contribution in [0.5, 0.6) is 0 Å². The monoisotopic (exact) mass is 228 g/mol. The molecule has 14 heavy (non-hydrogen) atoms. The summed E-state index contributed by atoms with van der Waals surface area (Å²) in [5.74, 6) is 0. The molecule has 0 unspecified atom stereocenters. The number of pyridine rings is 2. The lowest BCUT2D eigenvalue weighted by Gasteiger charge is -2.04. The number of H-pyrrole nitrogens is 1. The molecule has 0 radical (unpaired) electrons. The number of aromatic nitrogens is 2. The number of alkyl halides is 2. The largest absolute Gasteiger partial charge is 0.322 e. The van der Waals surface area contributed by atoms with E-state index >= 15 is 0 Å². The third kappa shape index (κ3) is 1.61. The SMILES string of the molecule is O=c1ccc2c(C(Cl)Cl)nccc2[nH]1. The topological polar surface area (TPSA) is 45.8 Å². The molecule has 3 nitrogen and oxygen atoms in total. The lowest BCUT2D eigenvalue weighted by molar-refractivity contribution is 1.16. The van der Waals surface area contributed by atoms with Crippen molar-refractivity contribution in [2.75, 3.05) is 0 Å². The van der Waals surface area contributed by atoms with Gasteiger partial charge in [0.25, 0.3) is 0 Å². The summed E-state index contributed by atoms with van der Waals surface area (Å²) < 4.78 is 0. The van der Waals surface area contributed by atoms with Gasteiger partial charge >= 0.3 is 0 Å². The molecule has 2 rings (SSSR count). The average Bonchev–Trinajstić information content (AvgIpc) is 2.16. The van der Waals surface area contributed by atoms with Crippen LogP contribution in [0.1, 0.15) is 10.5 Å². The summed E-state index contributed by atoms with van der Waals surface area (Å²) in [4.78, 5) is 17.1. The molecule has 2 aromatic heterocycles. The van der Waals surface area contributed by atoms with Crippen LogP contribution in [0.15, 0.2) is 29.2 Å². The van der Waals surface area contributed by atoms with Crippen molar-refractivity contribution in [3.8, 4) is 0 Å². The summed E-state index contributed by atoms with van der Waals surface area (Å²) in [5.41, 5.74) is 1.09. The van der Waals surface area contributed by atoms with E-state index in [0.29, 0.717) is 11.2 Å². The highest BCUT2D eigenvalue weighted by Crippen LogP contribution is 2.27. The minimum absolute atomic E-state index is 0.157. The number of aromatic amines is 1. The molecule has 72 valence electrons. The molecule has 0 atom stereocenters. The first-order valence-corrected chi connectivity index (χ1v) is 4.82. The zero-order chi connectivity index (χ0) is 10.1. The van der Waals surface area contributed by atoms with Gasteiger partial charge < -0.3 is 4.98 Å². The van der Waals surface area contributed by atoms with Gasteiger partial charge in [0.2, 0.25) is 5.56 Å². The summed E-state index contributed by atoms with van der Waals surface area (Å²) in [6.07, 6.45) is 1.56. The summed E-state index contributed by atoms with van der Waals surface area (Å²) >= 11 is 11.5. The van der Waals surface area contributed by atoms with Crippen molar-refractivity contribution in [3.63, 3.8) is 0 Å². The van der Waals surface area contributed by atoms with Crippen LogP contribution < -0.4 is 5.56 Å². The molecule has 0 aliphatic carbocycles. The highest BCUT2D eigenvalue weighted by atomic mass is 35.5. The number of hydrogen-bond acceptors (Lipinski definition) is 2. The van der Waals surface area contributed by atoms with Crippen LogP contribution in [0.2, 0.25) is 0 Å². The van der Waals surface area contributed by atoms with Gasteiger partial charge in [0.15, 0.2) is 0 Å². The fourth-order valence-corrected chi connectivity index (χ4v) is 1.63. The van der Waals surface area contributed by atoms with Crippen LogP contribution in [0.25, 0.3) is 10.9 Å². The average molecular weight is 229 g/mol. The Morgan fingerprint density at radius 3 is 2.79 bits per heavy atom. The third-order valence-corrected chi connectivity index (χ3v) is 2.30. The highest BCUT2D eigenvalue weighted by Gasteiger charge is 2.09. The van der Waals surface area contributed by atoms with Gasteiger partial charge in [0, 0.05) is 17.6 Å². The molecule has 0 saturated carbocycles. The van der Waals surface area contributed by atoms with Crippen molar-refractivity contribution in [2.45, 2.75) is 4.84 Å². The van der Waals surface area contributed by atoms with Crippen LogP contribution in [0.4, 0.5) is 0 Å². The van der Waals surface area contributed by atoms with E-state index < -0.39 is 4.84 Å². The molecule has 0 aromatic carbocycles. The summed E-state index contributed by atoms with van der Waals surface area (Å²) in [7, 11) is 0. The van der Waals surface area contributed by atoms with E-state index in [1.165, 1.54) is 6.07 Å². The van der Waals surface area contributed by atoms with Gasteiger partial charge in [-0.1, -0.05) is 23.2 Å². The van der Waals surface area contributed by atoms with Crippen molar-refractivity contribution >= 4 is 34.1 Å². The van der Waals surface area contributed by atoms with E-state index in [-0.39, 0.29) is 5.56 Å². The first-order valence-electron chi connectivity index (χ1n) is 3.94. The Hall–Kier alpha value is -1.06. The number of halogens is 2. The van der Waals surface area contributed by atoms with Crippen LogP contribution >= 0.6 is 23.2 Å².